The lowest BCUT2D eigenvalue weighted by Crippen LogP contribution is -2.33. The van der Waals surface area contributed by atoms with Crippen molar-refractivity contribution in [2.75, 3.05) is 13.7 Å². The van der Waals surface area contributed by atoms with Gasteiger partial charge in [-0.3, -0.25) is 4.79 Å². The Labute approximate surface area is 107 Å². The van der Waals surface area contributed by atoms with E-state index in [2.05, 4.69) is 5.32 Å². The number of furan rings is 1. The summed E-state index contributed by atoms with van der Waals surface area (Å²) in [6, 6.07) is 1.72. The lowest BCUT2D eigenvalue weighted by Gasteiger charge is -2.12. The normalized spacial score (nSPS) is 11.7. The third-order valence-corrected chi connectivity index (χ3v) is 2.25. The lowest BCUT2D eigenvalue weighted by atomic mass is 10.2. The molecule has 5 nitrogen and oxygen atoms in total. The molecule has 0 aliphatic carbocycles. The molecule has 0 aromatic carbocycles. The minimum absolute atomic E-state index is 0. The SMILES string of the molecule is COCCC(C)NC(=O)c1coc(CN)c1.Cl. The molecule has 98 valence electrons. The molecule has 0 bridgehead atoms. The molecule has 3 N–H and O–H groups in total. The average Bonchev–Trinajstić information content (AvgIpc) is 2.74. The Morgan fingerprint density at radius 3 is 2.88 bits per heavy atom. The van der Waals surface area contributed by atoms with Crippen LogP contribution in [0.5, 0.6) is 0 Å². The van der Waals surface area contributed by atoms with Crippen LogP contribution in [-0.2, 0) is 11.3 Å². The number of nitrogens with one attached hydrogen (secondary N) is 1. The van der Waals surface area contributed by atoms with Gasteiger partial charge in [-0.05, 0) is 19.4 Å². The molecule has 17 heavy (non-hydrogen) atoms. The first-order chi connectivity index (χ1) is 7.67. The fraction of sp³-hybridized carbons (Fsp3) is 0.545. The molecule has 1 rings (SSSR count). The number of carbonyl (C=O) groups excluding carboxylic acids is 1. The summed E-state index contributed by atoms with van der Waals surface area (Å²) < 4.78 is 10.0. The molecule has 0 radical (unpaired) electrons. The number of hydrogen-bond acceptors (Lipinski definition) is 4. The largest absolute Gasteiger partial charge is 0.467 e. The zero-order valence-corrected chi connectivity index (χ0v) is 10.9. The number of rotatable bonds is 6. The van der Waals surface area contributed by atoms with Crippen LogP contribution in [0.15, 0.2) is 16.7 Å². The number of carbonyl (C=O) groups is 1. The van der Waals surface area contributed by atoms with Gasteiger partial charge in [0.2, 0.25) is 0 Å². The van der Waals surface area contributed by atoms with Crippen molar-refractivity contribution in [2.45, 2.75) is 25.9 Å². The van der Waals surface area contributed by atoms with Gasteiger partial charge in [-0.2, -0.15) is 0 Å². The van der Waals surface area contributed by atoms with Crippen LogP contribution >= 0.6 is 12.4 Å². The Morgan fingerprint density at radius 2 is 2.35 bits per heavy atom. The van der Waals surface area contributed by atoms with E-state index < -0.39 is 0 Å². The molecule has 6 heteroatoms. The molecule has 1 amide bonds. The Morgan fingerprint density at radius 1 is 1.65 bits per heavy atom. The third-order valence-electron chi connectivity index (χ3n) is 2.25. The highest BCUT2D eigenvalue weighted by Crippen LogP contribution is 2.07. The molecule has 0 saturated carbocycles. The number of amides is 1. The number of ether oxygens (including phenoxy) is 1. The lowest BCUT2D eigenvalue weighted by molar-refractivity contribution is 0.0929. The van der Waals surface area contributed by atoms with Crippen molar-refractivity contribution in [1.82, 2.24) is 5.32 Å². The second-order valence-electron chi connectivity index (χ2n) is 3.66. The second-order valence-corrected chi connectivity index (χ2v) is 3.66. The molecule has 1 aromatic rings. The summed E-state index contributed by atoms with van der Waals surface area (Å²) in [7, 11) is 1.64. The number of hydrogen-bond donors (Lipinski definition) is 2. The first-order valence-corrected chi connectivity index (χ1v) is 5.24. The van der Waals surface area contributed by atoms with Gasteiger partial charge >= 0.3 is 0 Å². The Balaban J connectivity index is 0.00000256. The topological polar surface area (TPSA) is 77.5 Å². The van der Waals surface area contributed by atoms with Crippen molar-refractivity contribution in [1.29, 1.82) is 0 Å². The molecule has 1 atom stereocenters. The highest BCUT2D eigenvalue weighted by Gasteiger charge is 2.12. The molecular formula is C11H19ClN2O3. The minimum Gasteiger partial charge on any atom is -0.467 e. The molecule has 0 saturated heterocycles. The van der Waals surface area contributed by atoms with Crippen molar-refractivity contribution in [3.8, 4) is 0 Å². The molecule has 0 aliphatic rings. The molecule has 1 heterocycles. The Hall–Kier alpha value is -1.04. The molecule has 0 aliphatic heterocycles. The van der Waals surface area contributed by atoms with Gasteiger partial charge < -0.3 is 20.2 Å². The van der Waals surface area contributed by atoms with Crippen molar-refractivity contribution < 1.29 is 13.9 Å². The highest BCUT2D eigenvalue weighted by atomic mass is 35.5. The zero-order valence-electron chi connectivity index (χ0n) is 10.1. The smallest absolute Gasteiger partial charge is 0.254 e. The first kappa shape index (κ1) is 16.0. The molecule has 1 aromatic heterocycles. The van der Waals surface area contributed by atoms with E-state index in [1.54, 1.807) is 13.2 Å². The summed E-state index contributed by atoms with van der Waals surface area (Å²) in [5.74, 6) is 0.460. The van der Waals surface area contributed by atoms with Gasteiger partial charge in [0, 0.05) is 19.8 Å². The molecular weight excluding hydrogens is 244 g/mol. The van der Waals surface area contributed by atoms with Crippen LogP contribution in [0.25, 0.3) is 0 Å². The number of halogens is 1. The van der Waals surface area contributed by atoms with Crippen LogP contribution in [0.3, 0.4) is 0 Å². The Bertz CT molecular complexity index is 341. The minimum atomic E-state index is -0.146. The van der Waals surface area contributed by atoms with E-state index >= 15 is 0 Å². The van der Waals surface area contributed by atoms with Gasteiger partial charge in [0.15, 0.2) is 0 Å². The van der Waals surface area contributed by atoms with Crippen molar-refractivity contribution in [2.24, 2.45) is 5.73 Å². The summed E-state index contributed by atoms with van der Waals surface area (Å²) in [4.78, 5) is 11.7. The van der Waals surface area contributed by atoms with E-state index in [1.807, 2.05) is 6.92 Å². The van der Waals surface area contributed by atoms with E-state index in [-0.39, 0.29) is 24.4 Å². The van der Waals surface area contributed by atoms with Crippen LogP contribution in [0, 0.1) is 0 Å². The van der Waals surface area contributed by atoms with E-state index in [0.717, 1.165) is 6.42 Å². The standard InChI is InChI=1S/C11H18N2O3.ClH/c1-8(3-4-15-2)13-11(14)9-5-10(6-12)16-7-9;/h5,7-8H,3-4,6,12H2,1-2H3,(H,13,14);1H. The monoisotopic (exact) mass is 262 g/mol. The van der Waals surface area contributed by atoms with Crippen LogP contribution in [0.2, 0.25) is 0 Å². The molecule has 0 spiro atoms. The fourth-order valence-corrected chi connectivity index (χ4v) is 1.28. The predicted octanol–water partition coefficient (Wildman–Crippen LogP) is 1.31. The maximum atomic E-state index is 11.7. The summed E-state index contributed by atoms with van der Waals surface area (Å²) in [6.45, 7) is 2.86. The van der Waals surface area contributed by atoms with E-state index in [9.17, 15) is 4.79 Å². The average molecular weight is 263 g/mol. The van der Waals surface area contributed by atoms with E-state index in [4.69, 9.17) is 14.9 Å². The van der Waals surface area contributed by atoms with Crippen molar-refractivity contribution >= 4 is 18.3 Å². The highest BCUT2D eigenvalue weighted by molar-refractivity contribution is 5.94. The van der Waals surface area contributed by atoms with Gasteiger partial charge in [-0.25, -0.2) is 0 Å². The number of methoxy groups -OCH3 is 1. The van der Waals surface area contributed by atoms with Gasteiger partial charge in [0.25, 0.3) is 5.91 Å². The van der Waals surface area contributed by atoms with Gasteiger partial charge in [0.1, 0.15) is 12.0 Å². The fourth-order valence-electron chi connectivity index (χ4n) is 1.28. The summed E-state index contributed by atoms with van der Waals surface area (Å²) in [6.07, 6.45) is 2.20. The van der Waals surface area contributed by atoms with E-state index in [1.165, 1.54) is 6.26 Å². The Kier molecular flexibility index (Phi) is 7.61. The van der Waals surface area contributed by atoms with Crippen LogP contribution in [-0.4, -0.2) is 25.7 Å². The van der Waals surface area contributed by atoms with Crippen molar-refractivity contribution in [3.63, 3.8) is 0 Å². The maximum absolute atomic E-state index is 11.7. The number of nitrogens with two attached hydrogens (primary N) is 1. The summed E-state index contributed by atoms with van der Waals surface area (Å²) in [5, 5.41) is 2.85. The first-order valence-electron chi connectivity index (χ1n) is 5.24. The predicted molar refractivity (Wildman–Crippen MR) is 67.3 cm³/mol. The summed E-state index contributed by atoms with van der Waals surface area (Å²) >= 11 is 0. The van der Waals surface area contributed by atoms with Gasteiger partial charge in [-0.15, -0.1) is 12.4 Å². The van der Waals surface area contributed by atoms with Crippen molar-refractivity contribution in [3.05, 3.63) is 23.7 Å². The van der Waals surface area contributed by atoms with Gasteiger partial charge in [-0.1, -0.05) is 0 Å². The summed E-state index contributed by atoms with van der Waals surface area (Å²) in [5.41, 5.74) is 5.89. The molecule has 1 unspecified atom stereocenters. The zero-order chi connectivity index (χ0) is 12.0. The third kappa shape index (κ3) is 5.21. The maximum Gasteiger partial charge on any atom is 0.254 e. The molecule has 0 fully saturated rings. The van der Waals surface area contributed by atoms with Crippen LogP contribution in [0.4, 0.5) is 0 Å². The quantitative estimate of drug-likeness (QED) is 0.810. The van der Waals surface area contributed by atoms with Crippen LogP contribution in [0.1, 0.15) is 29.5 Å². The van der Waals surface area contributed by atoms with E-state index in [0.29, 0.717) is 24.5 Å². The van der Waals surface area contributed by atoms with Crippen LogP contribution < -0.4 is 11.1 Å². The second kappa shape index (κ2) is 8.11. The van der Waals surface area contributed by atoms with Gasteiger partial charge in [0.05, 0.1) is 12.1 Å².